The summed E-state index contributed by atoms with van der Waals surface area (Å²) in [6, 6.07) is 7.94. The van der Waals surface area contributed by atoms with Gasteiger partial charge in [-0.3, -0.25) is 4.79 Å². The minimum Gasteiger partial charge on any atom is -0.338 e. The third kappa shape index (κ3) is 3.28. The summed E-state index contributed by atoms with van der Waals surface area (Å²) in [6.45, 7) is 4.32. The molecule has 1 unspecified atom stereocenters. The molecule has 1 rings (SSSR count). The average Bonchev–Trinajstić information content (AvgIpc) is 2.35. The van der Waals surface area contributed by atoms with Crippen LogP contribution in [-0.4, -0.2) is 23.9 Å². The minimum absolute atomic E-state index is 0.0551. The molecule has 4 heteroatoms. The quantitative estimate of drug-likeness (QED) is 0.803. The Morgan fingerprint density at radius 1 is 1.53 bits per heavy atom. The van der Waals surface area contributed by atoms with E-state index in [9.17, 15) is 9.18 Å². The van der Waals surface area contributed by atoms with Crippen LogP contribution in [0.3, 0.4) is 0 Å². The molecule has 0 aliphatic heterocycles. The van der Waals surface area contributed by atoms with Crippen molar-refractivity contribution in [3.05, 3.63) is 35.6 Å². The highest BCUT2D eigenvalue weighted by Crippen LogP contribution is 2.11. The molecule has 3 nitrogen and oxygen atoms in total. The Kier molecular flexibility index (Phi) is 4.65. The number of amides is 1. The van der Waals surface area contributed by atoms with E-state index < -0.39 is 5.82 Å². The molecule has 0 spiro atoms. The number of nitrogens with zero attached hydrogens (tertiary/aromatic N) is 2. The summed E-state index contributed by atoms with van der Waals surface area (Å²) in [5.41, 5.74) is 0.0551. The fourth-order valence-corrected chi connectivity index (χ4v) is 1.53. The van der Waals surface area contributed by atoms with Gasteiger partial charge in [0.25, 0.3) is 5.91 Å². The molecule has 0 N–H and O–H groups in total. The van der Waals surface area contributed by atoms with Crippen molar-refractivity contribution >= 4 is 5.91 Å². The number of nitriles is 1. The molecule has 0 aliphatic rings. The average molecular weight is 234 g/mol. The van der Waals surface area contributed by atoms with Crippen molar-refractivity contribution in [3.63, 3.8) is 0 Å². The van der Waals surface area contributed by atoms with E-state index in [-0.39, 0.29) is 17.4 Å². The molecule has 17 heavy (non-hydrogen) atoms. The molecule has 0 heterocycles. The van der Waals surface area contributed by atoms with Crippen LogP contribution in [0.2, 0.25) is 0 Å². The normalized spacial score (nSPS) is 11.6. The van der Waals surface area contributed by atoms with Gasteiger partial charge in [0.2, 0.25) is 0 Å². The standard InChI is InChI=1S/C13H15FN2O/c1-3-16(9-10(2)8-15)13(17)11-6-4-5-7-12(11)14/h4-7,10H,3,9H2,1-2H3. The monoisotopic (exact) mass is 234 g/mol. The molecular weight excluding hydrogens is 219 g/mol. The largest absolute Gasteiger partial charge is 0.338 e. The maximum absolute atomic E-state index is 13.4. The second-order valence-corrected chi connectivity index (χ2v) is 3.85. The Hall–Kier alpha value is -1.89. The van der Waals surface area contributed by atoms with E-state index in [4.69, 9.17) is 5.26 Å². The van der Waals surface area contributed by atoms with Crippen molar-refractivity contribution in [2.45, 2.75) is 13.8 Å². The number of halogens is 1. The van der Waals surface area contributed by atoms with Crippen molar-refractivity contribution in [1.29, 1.82) is 5.26 Å². The summed E-state index contributed by atoms with van der Waals surface area (Å²) >= 11 is 0. The van der Waals surface area contributed by atoms with Gasteiger partial charge in [-0.15, -0.1) is 0 Å². The first-order valence-electron chi connectivity index (χ1n) is 5.53. The van der Waals surface area contributed by atoms with Gasteiger partial charge in [0.1, 0.15) is 5.82 Å². The second-order valence-electron chi connectivity index (χ2n) is 3.85. The lowest BCUT2D eigenvalue weighted by Crippen LogP contribution is -2.34. The summed E-state index contributed by atoms with van der Waals surface area (Å²) in [7, 11) is 0. The first kappa shape index (κ1) is 13.2. The smallest absolute Gasteiger partial charge is 0.256 e. The van der Waals surface area contributed by atoms with Gasteiger partial charge in [-0.2, -0.15) is 5.26 Å². The van der Waals surface area contributed by atoms with Gasteiger partial charge in [-0.05, 0) is 26.0 Å². The summed E-state index contributed by atoms with van der Waals surface area (Å²) in [5.74, 6) is -1.15. The zero-order chi connectivity index (χ0) is 12.8. The Labute approximate surface area is 100 Å². The van der Waals surface area contributed by atoms with Gasteiger partial charge in [0, 0.05) is 13.1 Å². The number of carbonyl (C=O) groups is 1. The molecule has 0 aliphatic carbocycles. The van der Waals surface area contributed by atoms with Gasteiger partial charge < -0.3 is 4.90 Å². The number of hydrogen-bond donors (Lipinski definition) is 0. The zero-order valence-corrected chi connectivity index (χ0v) is 9.98. The van der Waals surface area contributed by atoms with Crippen molar-refractivity contribution in [1.82, 2.24) is 4.90 Å². The molecule has 0 fully saturated rings. The van der Waals surface area contributed by atoms with Gasteiger partial charge in [0.15, 0.2) is 0 Å². The third-order valence-corrected chi connectivity index (χ3v) is 2.49. The SMILES string of the molecule is CCN(CC(C)C#N)C(=O)c1ccccc1F. The van der Waals surface area contributed by atoms with Gasteiger partial charge in [-0.25, -0.2) is 4.39 Å². The molecular formula is C13H15FN2O. The highest BCUT2D eigenvalue weighted by molar-refractivity contribution is 5.94. The van der Waals surface area contributed by atoms with Crippen LogP contribution in [0.5, 0.6) is 0 Å². The van der Waals surface area contributed by atoms with Crippen molar-refractivity contribution < 1.29 is 9.18 Å². The lowest BCUT2D eigenvalue weighted by molar-refractivity contribution is 0.0748. The molecule has 0 bridgehead atoms. The summed E-state index contributed by atoms with van der Waals surface area (Å²) in [4.78, 5) is 13.5. The maximum atomic E-state index is 13.4. The van der Waals surface area contributed by atoms with Crippen LogP contribution in [0.25, 0.3) is 0 Å². The van der Waals surface area contributed by atoms with Gasteiger partial charge in [-0.1, -0.05) is 12.1 Å². The first-order chi connectivity index (χ1) is 8.10. The van der Waals surface area contributed by atoms with Crippen LogP contribution in [0.15, 0.2) is 24.3 Å². The molecule has 1 atom stereocenters. The maximum Gasteiger partial charge on any atom is 0.256 e. The topological polar surface area (TPSA) is 44.1 Å². The highest BCUT2D eigenvalue weighted by Gasteiger charge is 2.19. The Balaban J connectivity index is 2.88. The van der Waals surface area contributed by atoms with E-state index in [1.807, 2.05) is 6.92 Å². The van der Waals surface area contributed by atoms with E-state index in [0.717, 1.165) is 0 Å². The van der Waals surface area contributed by atoms with Gasteiger partial charge in [0.05, 0.1) is 17.6 Å². The predicted octanol–water partition coefficient (Wildman–Crippen LogP) is 2.45. The van der Waals surface area contributed by atoms with E-state index in [0.29, 0.717) is 13.1 Å². The zero-order valence-electron chi connectivity index (χ0n) is 9.98. The van der Waals surface area contributed by atoms with Crippen LogP contribution in [0.4, 0.5) is 4.39 Å². The molecule has 0 radical (unpaired) electrons. The number of hydrogen-bond acceptors (Lipinski definition) is 2. The van der Waals surface area contributed by atoms with Crippen LogP contribution < -0.4 is 0 Å². The summed E-state index contributed by atoms with van der Waals surface area (Å²) in [6.07, 6.45) is 0. The lowest BCUT2D eigenvalue weighted by Gasteiger charge is -2.22. The van der Waals surface area contributed by atoms with Crippen LogP contribution >= 0.6 is 0 Å². The molecule has 0 aromatic heterocycles. The summed E-state index contributed by atoms with van der Waals surface area (Å²) < 4.78 is 13.4. The van der Waals surface area contributed by atoms with Crippen LogP contribution in [0, 0.1) is 23.1 Å². The minimum atomic E-state index is -0.527. The van der Waals surface area contributed by atoms with Crippen LogP contribution in [0.1, 0.15) is 24.2 Å². The van der Waals surface area contributed by atoms with Crippen LogP contribution in [-0.2, 0) is 0 Å². The Morgan fingerprint density at radius 3 is 2.71 bits per heavy atom. The molecule has 0 saturated carbocycles. The summed E-state index contributed by atoms with van der Waals surface area (Å²) in [5, 5.41) is 8.72. The van der Waals surface area contributed by atoms with Crippen molar-refractivity contribution in [3.8, 4) is 6.07 Å². The highest BCUT2D eigenvalue weighted by atomic mass is 19.1. The molecule has 1 aromatic rings. The predicted molar refractivity (Wildman–Crippen MR) is 62.8 cm³/mol. The number of benzene rings is 1. The Morgan fingerprint density at radius 2 is 2.18 bits per heavy atom. The molecule has 0 saturated heterocycles. The number of carbonyl (C=O) groups excluding carboxylic acids is 1. The van der Waals surface area contributed by atoms with E-state index in [2.05, 4.69) is 6.07 Å². The molecule has 1 aromatic carbocycles. The third-order valence-electron chi connectivity index (χ3n) is 2.49. The van der Waals surface area contributed by atoms with E-state index in [1.54, 1.807) is 19.1 Å². The fraction of sp³-hybridized carbons (Fsp3) is 0.385. The van der Waals surface area contributed by atoms with Gasteiger partial charge >= 0.3 is 0 Å². The van der Waals surface area contributed by atoms with Crippen molar-refractivity contribution in [2.75, 3.05) is 13.1 Å². The van der Waals surface area contributed by atoms with E-state index >= 15 is 0 Å². The first-order valence-corrected chi connectivity index (χ1v) is 5.53. The fourth-order valence-electron chi connectivity index (χ4n) is 1.53. The second kappa shape index (κ2) is 6.00. The Bertz CT molecular complexity index is 439. The lowest BCUT2D eigenvalue weighted by atomic mass is 10.1. The molecule has 1 amide bonds. The molecule has 90 valence electrons. The number of rotatable bonds is 4. The van der Waals surface area contributed by atoms with Crippen molar-refractivity contribution in [2.24, 2.45) is 5.92 Å². The van der Waals surface area contributed by atoms with E-state index in [1.165, 1.54) is 17.0 Å².